The van der Waals surface area contributed by atoms with Gasteiger partial charge in [-0.1, -0.05) is 12.1 Å². The van der Waals surface area contributed by atoms with Crippen molar-refractivity contribution in [3.63, 3.8) is 0 Å². The first kappa shape index (κ1) is 21.5. The zero-order valence-corrected chi connectivity index (χ0v) is 16.2. The van der Waals surface area contributed by atoms with Crippen LogP contribution in [0.15, 0.2) is 28.7 Å². The molecule has 1 aliphatic rings. The van der Waals surface area contributed by atoms with Crippen LogP contribution in [0.5, 0.6) is 0 Å². The van der Waals surface area contributed by atoms with Crippen LogP contribution in [0.4, 0.5) is 6.01 Å². The van der Waals surface area contributed by atoms with Gasteiger partial charge in [-0.3, -0.25) is 4.79 Å². The summed E-state index contributed by atoms with van der Waals surface area (Å²) in [5.74, 6) is 0.356. The number of piperidine rings is 1. The fourth-order valence-electron chi connectivity index (χ4n) is 3.01. The smallest absolute Gasteiger partial charge is 0.298 e. The van der Waals surface area contributed by atoms with E-state index >= 15 is 0 Å². The number of aromatic nitrogens is 1. The lowest BCUT2D eigenvalue weighted by Crippen LogP contribution is -2.42. The molecule has 1 amide bonds. The number of carbonyl (C=O) groups is 1. The molecule has 3 rings (SSSR count). The third-order valence-corrected chi connectivity index (χ3v) is 4.47. The summed E-state index contributed by atoms with van der Waals surface area (Å²) in [5, 5.41) is 3.07. The predicted molar refractivity (Wildman–Crippen MR) is 105 cm³/mol. The summed E-state index contributed by atoms with van der Waals surface area (Å²) in [5.41, 5.74) is 1.69. The maximum Gasteiger partial charge on any atom is 0.298 e. The highest BCUT2D eigenvalue weighted by atomic mass is 35.5. The summed E-state index contributed by atoms with van der Waals surface area (Å²) in [6.07, 6.45) is 1.70. The van der Waals surface area contributed by atoms with Crippen LogP contribution in [-0.4, -0.2) is 56.1 Å². The number of hydrogen-bond acceptors (Lipinski definition) is 5. The molecule has 2 heterocycles. The second-order valence-electron chi connectivity index (χ2n) is 6.09. The van der Waals surface area contributed by atoms with E-state index in [4.69, 9.17) is 4.42 Å². The number of halogens is 2. The molecule has 1 aliphatic heterocycles. The Morgan fingerprint density at radius 3 is 2.64 bits per heavy atom. The number of nitrogens with zero attached hydrogens (tertiary/aromatic N) is 3. The Morgan fingerprint density at radius 1 is 1.32 bits per heavy atom. The van der Waals surface area contributed by atoms with E-state index in [0.29, 0.717) is 6.01 Å². The van der Waals surface area contributed by atoms with Crippen molar-refractivity contribution in [2.75, 3.05) is 45.2 Å². The molecule has 8 heteroatoms. The van der Waals surface area contributed by atoms with Crippen LogP contribution in [0, 0.1) is 5.92 Å². The van der Waals surface area contributed by atoms with Gasteiger partial charge >= 0.3 is 0 Å². The lowest BCUT2D eigenvalue weighted by atomic mass is 9.95. The molecule has 1 saturated heterocycles. The van der Waals surface area contributed by atoms with Crippen molar-refractivity contribution >= 4 is 47.8 Å². The van der Waals surface area contributed by atoms with Crippen LogP contribution in [0.25, 0.3) is 11.1 Å². The summed E-state index contributed by atoms with van der Waals surface area (Å²) in [7, 11) is 3.78. The third kappa shape index (κ3) is 5.00. The lowest BCUT2D eigenvalue weighted by Gasteiger charge is -2.32. The van der Waals surface area contributed by atoms with Crippen molar-refractivity contribution in [3.05, 3.63) is 24.3 Å². The van der Waals surface area contributed by atoms with Crippen molar-refractivity contribution in [1.82, 2.24) is 15.2 Å². The number of hydrogen-bond donors (Lipinski definition) is 1. The second kappa shape index (κ2) is 9.85. The van der Waals surface area contributed by atoms with Crippen LogP contribution >= 0.6 is 24.8 Å². The van der Waals surface area contributed by atoms with E-state index in [2.05, 4.69) is 15.2 Å². The third-order valence-electron chi connectivity index (χ3n) is 4.47. The summed E-state index contributed by atoms with van der Waals surface area (Å²) in [4.78, 5) is 20.9. The van der Waals surface area contributed by atoms with Crippen LogP contribution in [0.3, 0.4) is 0 Å². The number of rotatable bonds is 5. The van der Waals surface area contributed by atoms with Gasteiger partial charge in [-0.25, -0.2) is 0 Å². The van der Waals surface area contributed by atoms with Gasteiger partial charge in [-0.15, -0.1) is 24.8 Å². The molecular weight excluding hydrogens is 363 g/mol. The molecule has 0 unspecified atom stereocenters. The van der Waals surface area contributed by atoms with E-state index in [0.717, 1.165) is 50.1 Å². The van der Waals surface area contributed by atoms with Gasteiger partial charge in [0.1, 0.15) is 5.52 Å². The van der Waals surface area contributed by atoms with E-state index in [1.807, 2.05) is 43.3 Å². The maximum absolute atomic E-state index is 12.4. The molecule has 0 bridgehead atoms. The Bertz CT molecular complexity index is 638. The number of likely N-dealkylation sites (N-methyl/N-ethyl adjacent to an activating group) is 2. The zero-order valence-electron chi connectivity index (χ0n) is 14.6. The van der Waals surface area contributed by atoms with Crippen molar-refractivity contribution < 1.29 is 9.21 Å². The summed E-state index contributed by atoms with van der Waals surface area (Å²) in [6.45, 7) is 3.19. The molecule has 1 aromatic heterocycles. The Kier molecular flexibility index (Phi) is 8.48. The van der Waals surface area contributed by atoms with Gasteiger partial charge in [0.15, 0.2) is 5.58 Å². The second-order valence-corrected chi connectivity index (χ2v) is 6.09. The number of amides is 1. The van der Waals surface area contributed by atoms with E-state index in [-0.39, 0.29) is 36.6 Å². The van der Waals surface area contributed by atoms with Crippen LogP contribution in [0.1, 0.15) is 12.8 Å². The molecule has 2 aromatic rings. The van der Waals surface area contributed by atoms with Gasteiger partial charge in [0.2, 0.25) is 5.91 Å². The minimum absolute atomic E-state index is 0. The quantitative estimate of drug-likeness (QED) is 0.852. The first-order valence-electron chi connectivity index (χ1n) is 8.19. The number of nitrogens with one attached hydrogen (secondary N) is 1. The Hall–Kier alpha value is -1.50. The fourth-order valence-corrected chi connectivity index (χ4v) is 3.01. The molecule has 25 heavy (non-hydrogen) atoms. The van der Waals surface area contributed by atoms with Crippen LogP contribution in [-0.2, 0) is 4.79 Å². The van der Waals surface area contributed by atoms with Gasteiger partial charge in [0.25, 0.3) is 6.01 Å². The van der Waals surface area contributed by atoms with E-state index in [1.165, 1.54) is 0 Å². The van der Waals surface area contributed by atoms with E-state index in [9.17, 15) is 4.79 Å². The average molecular weight is 389 g/mol. The monoisotopic (exact) mass is 388 g/mol. The Morgan fingerprint density at radius 2 is 2.00 bits per heavy atom. The zero-order chi connectivity index (χ0) is 16.2. The highest BCUT2D eigenvalue weighted by Gasteiger charge is 2.28. The molecule has 0 spiro atoms. The van der Waals surface area contributed by atoms with Gasteiger partial charge in [-0.2, -0.15) is 4.98 Å². The number of fused-ring (bicyclic) bond motifs is 1. The molecule has 6 nitrogen and oxygen atoms in total. The summed E-state index contributed by atoms with van der Waals surface area (Å²) in [6, 6.07) is 8.46. The maximum atomic E-state index is 12.4. The average Bonchev–Trinajstić information content (AvgIpc) is 3.03. The van der Waals surface area contributed by atoms with Crippen molar-refractivity contribution in [1.29, 1.82) is 0 Å². The lowest BCUT2D eigenvalue weighted by molar-refractivity contribution is -0.134. The predicted octanol–water partition coefficient (Wildman–Crippen LogP) is 2.57. The fraction of sp³-hybridized carbons (Fsp3) is 0.529. The Balaban J connectivity index is 0.00000156. The molecular formula is C17H26Cl2N4O2. The molecule has 0 saturated carbocycles. The van der Waals surface area contributed by atoms with Crippen LogP contribution < -0.4 is 10.2 Å². The minimum atomic E-state index is 0. The highest BCUT2D eigenvalue weighted by molar-refractivity contribution is 5.85. The molecule has 0 aliphatic carbocycles. The van der Waals surface area contributed by atoms with Gasteiger partial charge in [-0.05, 0) is 32.0 Å². The molecule has 0 radical (unpaired) electrons. The molecule has 0 atom stereocenters. The van der Waals surface area contributed by atoms with Gasteiger partial charge < -0.3 is 19.5 Å². The molecule has 1 N–H and O–H groups in total. The van der Waals surface area contributed by atoms with Crippen molar-refractivity contribution in [3.8, 4) is 0 Å². The molecule has 140 valence electrons. The SMILES string of the molecule is CNCCN(C)C(=O)C1CCN(c2nc3ccccc3o2)CC1.Cl.Cl. The van der Waals surface area contributed by atoms with Crippen molar-refractivity contribution in [2.24, 2.45) is 5.92 Å². The Labute approximate surface area is 160 Å². The largest absolute Gasteiger partial charge is 0.423 e. The minimum Gasteiger partial charge on any atom is -0.423 e. The van der Waals surface area contributed by atoms with Gasteiger partial charge in [0.05, 0.1) is 0 Å². The summed E-state index contributed by atoms with van der Waals surface area (Å²) >= 11 is 0. The van der Waals surface area contributed by atoms with Gasteiger partial charge in [0, 0.05) is 39.1 Å². The number of benzene rings is 1. The summed E-state index contributed by atoms with van der Waals surface area (Å²) < 4.78 is 5.82. The standard InChI is InChI=1S/C17H24N4O2.2ClH/c1-18-9-12-20(2)16(22)13-7-10-21(11-8-13)17-19-14-5-3-4-6-15(14)23-17;;/h3-6,13,18H,7-12H2,1-2H3;2*1H. The molecule has 1 fully saturated rings. The van der Waals surface area contributed by atoms with E-state index < -0.39 is 0 Å². The van der Waals surface area contributed by atoms with Crippen LogP contribution in [0.2, 0.25) is 0 Å². The number of anilines is 1. The first-order chi connectivity index (χ1) is 11.2. The highest BCUT2D eigenvalue weighted by Crippen LogP contribution is 2.26. The number of para-hydroxylation sites is 2. The van der Waals surface area contributed by atoms with E-state index in [1.54, 1.807) is 0 Å². The molecule has 1 aromatic carbocycles. The normalized spacial score (nSPS) is 14.7. The topological polar surface area (TPSA) is 61.6 Å². The van der Waals surface area contributed by atoms with Crippen molar-refractivity contribution in [2.45, 2.75) is 12.8 Å². The first-order valence-corrected chi connectivity index (χ1v) is 8.19. The number of carbonyl (C=O) groups excluding carboxylic acids is 1. The number of oxazole rings is 1.